The molecule has 3 fully saturated rings. The third-order valence-electron chi connectivity index (χ3n) is 8.74. The quantitative estimate of drug-likeness (QED) is 0.558. The lowest BCUT2D eigenvalue weighted by atomic mass is 9.80. The van der Waals surface area contributed by atoms with Crippen LogP contribution in [-0.2, 0) is 14.4 Å². The molecule has 2 heterocycles. The van der Waals surface area contributed by atoms with Crippen molar-refractivity contribution in [3.8, 4) is 6.07 Å². The highest BCUT2D eigenvalue weighted by molar-refractivity contribution is 5.94. The Morgan fingerprint density at radius 3 is 2.46 bits per heavy atom. The molecule has 1 aromatic carbocycles. The van der Waals surface area contributed by atoms with Gasteiger partial charge in [-0.3, -0.25) is 14.4 Å². The number of amides is 3. The first kappa shape index (κ1) is 26.9. The number of hydrogen-bond donors (Lipinski definition) is 2. The van der Waals surface area contributed by atoms with Crippen LogP contribution in [0.2, 0.25) is 0 Å². The van der Waals surface area contributed by atoms with Crippen molar-refractivity contribution >= 4 is 28.5 Å². The lowest BCUT2D eigenvalue weighted by Gasteiger charge is -2.37. The van der Waals surface area contributed by atoms with Crippen molar-refractivity contribution in [1.29, 1.82) is 5.26 Å². The van der Waals surface area contributed by atoms with Crippen molar-refractivity contribution in [2.75, 3.05) is 6.54 Å². The minimum absolute atomic E-state index is 0.0870. The SMILES string of the molecule is CC(C)C(NC(=O)C1CC(F)(F)C1)C(=O)N1C[C@H]2[C@@H]([C@H]1C(=O)NC(C#N)c1nncc3ccccc13)C2(C)C. The fourth-order valence-corrected chi connectivity index (χ4v) is 6.28. The topological polar surface area (TPSA) is 128 Å². The molecule has 1 aliphatic heterocycles. The van der Waals surface area contributed by atoms with Gasteiger partial charge in [-0.15, -0.1) is 0 Å². The molecule has 2 N–H and O–H groups in total. The van der Waals surface area contributed by atoms with Gasteiger partial charge >= 0.3 is 0 Å². The van der Waals surface area contributed by atoms with Gasteiger partial charge in [-0.25, -0.2) is 8.78 Å². The number of hydrogen-bond acceptors (Lipinski definition) is 6. The molecule has 0 spiro atoms. The lowest BCUT2D eigenvalue weighted by Crippen LogP contribution is -2.59. The molecule has 1 saturated heterocycles. The van der Waals surface area contributed by atoms with E-state index in [9.17, 15) is 28.4 Å². The summed E-state index contributed by atoms with van der Waals surface area (Å²) in [6.07, 6.45) is 0.518. The first-order valence-corrected chi connectivity index (χ1v) is 13.2. The summed E-state index contributed by atoms with van der Waals surface area (Å²) in [5, 5.41) is 25.0. The van der Waals surface area contributed by atoms with Crippen molar-refractivity contribution in [1.82, 2.24) is 25.7 Å². The number of aromatic nitrogens is 2. The average Bonchev–Trinajstić information content (AvgIpc) is 3.20. The van der Waals surface area contributed by atoms with Gasteiger partial charge in [-0.2, -0.15) is 15.5 Å². The zero-order chi connectivity index (χ0) is 28.3. The Kier molecular flexibility index (Phi) is 6.56. The van der Waals surface area contributed by atoms with Crippen LogP contribution in [0.15, 0.2) is 30.5 Å². The smallest absolute Gasteiger partial charge is 0.249 e. The number of alkyl halides is 2. The Morgan fingerprint density at radius 1 is 1.13 bits per heavy atom. The second-order valence-corrected chi connectivity index (χ2v) is 12.0. The number of nitriles is 1. The number of carbonyl (C=O) groups is 3. The largest absolute Gasteiger partial charge is 0.344 e. The molecule has 2 saturated carbocycles. The van der Waals surface area contributed by atoms with E-state index in [-0.39, 0.29) is 23.2 Å². The summed E-state index contributed by atoms with van der Waals surface area (Å²) >= 11 is 0. The van der Waals surface area contributed by atoms with Crippen molar-refractivity contribution < 1.29 is 23.2 Å². The van der Waals surface area contributed by atoms with Crippen LogP contribution in [0.5, 0.6) is 0 Å². The van der Waals surface area contributed by atoms with Crippen molar-refractivity contribution in [3.63, 3.8) is 0 Å². The van der Waals surface area contributed by atoms with E-state index in [1.54, 1.807) is 26.1 Å². The minimum Gasteiger partial charge on any atom is -0.344 e. The number of carbonyl (C=O) groups excluding carboxylic acids is 3. The molecule has 2 aliphatic carbocycles. The maximum atomic E-state index is 13.8. The first-order valence-electron chi connectivity index (χ1n) is 13.2. The summed E-state index contributed by atoms with van der Waals surface area (Å²) in [6, 6.07) is 6.49. The van der Waals surface area contributed by atoms with Crippen LogP contribution >= 0.6 is 0 Å². The molecule has 2 aromatic rings. The molecule has 1 aromatic heterocycles. The summed E-state index contributed by atoms with van der Waals surface area (Å²) < 4.78 is 26.6. The van der Waals surface area contributed by atoms with Crippen LogP contribution in [0.1, 0.15) is 52.3 Å². The minimum atomic E-state index is -2.85. The summed E-state index contributed by atoms with van der Waals surface area (Å²) in [7, 11) is 0. The highest BCUT2D eigenvalue weighted by Crippen LogP contribution is 2.65. The van der Waals surface area contributed by atoms with E-state index in [0.29, 0.717) is 17.6 Å². The second kappa shape index (κ2) is 9.50. The summed E-state index contributed by atoms with van der Waals surface area (Å²) in [6.45, 7) is 7.94. The number of rotatable bonds is 7. The Labute approximate surface area is 225 Å². The molecule has 0 radical (unpaired) electrons. The van der Waals surface area contributed by atoms with Crippen LogP contribution in [0.25, 0.3) is 10.8 Å². The number of nitrogens with one attached hydrogen (secondary N) is 2. The number of piperidine rings is 1. The van der Waals surface area contributed by atoms with E-state index in [4.69, 9.17) is 0 Å². The van der Waals surface area contributed by atoms with Gasteiger partial charge in [0.05, 0.1) is 12.3 Å². The Hall–Kier alpha value is -3.68. The zero-order valence-electron chi connectivity index (χ0n) is 22.3. The van der Waals surface area contributed by atoms with Gasteiger partial charge in [0, 0.05) is 36.1 Å². The molecule has 2 unspecified atom stereocenters. The van der Waals surface area contributed by atoms with Crippen LogP contribution in [0.3, 0.4) is 0 Å². The molecule has 11 heteroatoms. The van der Waals surface area contributed by atoms with Gasteiger partial charge in [0.15, 0.2) is 6.04 Å². The second-order valence-electron chi connectivity index (χ2n) is 12.0. The predicted molar refractivity (Wildman–Crippen MR) is 137 cm³/mol. The number of benzene rings is 1. The third kappa shape index (κ3) is 4.70. The molecule has 3 aliphatic rings. The number of fused-ring (bicyclic) bond motifs is 2. The molecule has 5 atom stereocenters. The monoisotopic (exact) mass is 538 g/mol. The van der Waals surface area contributed by atoms with Crippen LogP contribution < -0.4 is 10.6 Å². The van der Waals surface area contributed by atoms with E-state index < -0.39 is 60.5 Å². The molecule has 0 bridgehead atoms. The molecule has 206 valence electrons. The fourth-order valence-electron chi connectivity index (χ4n) is 6.28. The van der Waals surface area contributed by atoms with Gasteiger partial charge in [0.2, 0.25) is 23.6 Å². The maximum absolute atomic E-state index is 13.8. The third-order valence-corrected chi connectivity index (χ3v) is 8.74. The van der Waals surface area contributed by atoms with Crippen molar-refractivity contribution in [3.05, 3.63) is 36.2 Å². The predicted octanol–water partition coefficient (Wildman–Crippen LogP) is 2.98. The first-order chi connectivity index (χ1) is 18.4. The Bertz CT molecular complexity index is 1360. The maximum Gasteiger partial charge on any atom is 0.249 e. The normalized spacial score (nSPS) is 26.2. The number of nitrogens with zero attached hydrogens (tertiary/aromatic N) is 4. The molecule has 3 amide bonds. The standard InChI is InChI=1S/C28H32F2N6O3/c1-14(2)21(34-24(37)16-9-28(29,30)10-16)26(39)36-13-18-20(27(18,3)4)23(36)25(38)33-19(11-31)22-17-8-6-5-7-15(17)12-32-35-22/h5-8,12,14,16,18-21,23H,9-10,13H2,1-4H3,(H,33,38)(H,34,37)/t18-,19?,20-,21?,23-/m0/s1. The lowest BCUT2D eigenvalue weighted by molar-refractivity contribution is -0.154. The number of likely N-dealkylation sites (tertiary alicyclic amines) is 1. The van der Waals surface area contributed by atoms with E-state index in [2.05, 4.69) is 26.9 Å². The average molecular weight is 539 g/mol. The van der Waals surface area contributed by atoms with E-state index in [0.717, 1.165) is 5.39 Å². The van der Waals surface area contributed by atoms with Gasteiger partial charge in [0.1, 0.15) is 17.8 Å². The number of halogens is 2. The highest BCUT2D eigenvalue weighted by atomic mass is 19.3. The summed E-state index contributed by atoms with van der Waals surface area (Å²) in [4.78, 5) is 41.6. The van der Waals surface area contributed by atoms with Gasteiger partial charge in [-0.1, -0.05) is 52.0 Å². The molecule has 39 heavy (non-hydrogen) atoms. The molecular formula is C28H32F2N6O3. The van der Waals surface area contributed by atoms with E-state index >= 15 is 0 Å². The van der Waals surface area contributed by atoms with E-state index in [1.807, 2.05) is 32.0 Å². The van der Waals surface area contributed by atoms with Crippen molar-refractivity contribution in [2.24, 2.45) is 29.1 Å². The van der Waals surface area contributed by atoms with E-state index in [1.165, 1.54) is 4.90 Å². The summed E-state index contributed by atoms with van der Waals surface area (Å²) in [5.41, 5.74) is 0.143. The zero-order valence-corrected chi connectivity index (χ0v) is 22.3. The van der Waals surface area contributed by atoms with Crippen LogP contribution in [0, 0.1) is 40.4 Å². The summed E-state index contributed by atoms with van der Waals surface area (Å²) in [5.74, 6) is -5.52. The van der Waals surface area contributed by atoms with Gasteiger partial charge < -0.3 is 15.5 Å². The van der Waals surface area contributed by atoms with Crippen LogP contribution in [-0.4, -0.2) is 57.4 Å². The van der Waals surface area contributed by atoms with Crippen LogP contribution in [0.4, 0.5) is 8.78 Å². The fraction of sp³-hybridized carbons (Fsp3) is 0.571. The Morgan fingerprint density at radius 2 is 1.82 bits per heavy atom. The molecular weight excluding hydrogens is 506 g/mol. The van der Waals surface area contributed by atoms with Crippen molar-refractivity contribution in [2.45, 2.75) is 64.6 Å². The van der Waals surface area contributed by atoms with Gasteiger partial charge in [-0.05, 0) is 23.2 Å². The van der Waals surface area contributed by atoms with Gasteiger partial charge in [0.25, 0.3) is 0 Å². The highest BCUT2D eigenvalue weighted by Gasteiger charge is 2.69. The Balaban J connectivity index is 1.36. The molecule has 5 rings (SSSR count). The molecule has 9 nitrogen and oxygen atoms in total.